The summed E-state index contributed by atoms with van der Waals surface area (Å²) in [6, 6.07) is 8.32. The normalized spacial score (nSPS) is 15.3. The Kier molecular flexibility index (Phi) is 5.46. The van der Waals surface area contributed by atoms with E-state index in [9.17, 15) is 4.79 Å². The molecule has 0 aliphatic heterocycles. The zero-order valence-corrected chi connectivity index (χ0v) is 13.9. The van der Waals surface area contributed by atoms with Crippen LogP contribution in [0, 0.1) is 0 Å². The predicted octanol–water partition coefficient (Wildman–Crippen LogP) is 3.53. The highest BCUT2D eigenvalue weighted by Crippen LogP contribution is 2.25. The molecular weight excluding hydrogens is 316 g/mol. The van der Waals surface area contributed by atoms with Crippen LogP contribution in [-0.4, -0.2) is 42.8 Å². The van der Waals surface area contributed by atoms with E-state index in [-0.39, 0.29) is 5.91 Å². The van der Waals surface area contributed by atoms with Gasteiger partial charge in [-0.05, 0) is 37.1 Å². The summed E-state index contributed by atoms with van der Waals surface area (Å²) in [7, 11) is 4.01. The van der Waals surface area contributed by atoms with E-state index >= 15 is 0 Å². The Labute approximate surface area is 130 Å². The first-order valence-corrected chi connectivity index (χ1v) is 8.40. The van der Waals surface area contributed by atoms with Crippen molar-refractivity contribution < 1.29 is 4.79 Å². The van der Waals surface area contributed by atoms with Crippen molar-refractivity contribution in [2.45, 2.75) is 31.7 Å². The minimum Gasteiger partial charge on any atom is -0.378 e. The van der Waals surface area contributed by atoms with Crippen molar-refractivity contribution >= 4 is 27.5 Å². The van der Waals surface area contributed by atoms with E-state index in [1.54, 1.807) is 0 Å². The number of anilines is 1. The second-order valence-corrected chi connectivity index (χ2v) is 6.36. The van der Waals surface area contributed by atoms with Gasteiger partial charge in [0.25, 0.3) is 5.91 Å². The van der Waals surface area contributed by atoms with Gasteiger partial charge in [0, 0.05) is 43.3 Å². The molecule has 2 rings (SSSR count). The molecule has 0 spiro atoms. The minimum atomic E-state index is 0.168. The quantitative estimate of drug-likeness (QED) is 0.766. The Morgan fingerprint density at radius 1 is 1.20 bits per heavy atom. The monoisotopic (exact) mass is 338 g/mol. The van der Waals surface area contributed by atoms with Gasteiger partial charge in [-0.15, -0.1) is 0 Å². The van der Waals surface area contributed by atoms with E-state index in [0.29, 0.717) is 6.04 Å². The van der Waals surface area contributed by atoms with Gasteiger partial charge in [-0.2, -0.15) is 0 Å². The average Bonchev–Trinajstić information content (AvgIpc) is 2.98. The van der Waals surface area contributed by atoms with Crippen LogP contribution in [0.1, 0.15) is 36.0 Å². The predicted molar refractivity (Wildman–Crippen MR) is 87.9 cm³/mol. The standard InChI is InChI=1S/C16H23BrN2O/c1-18(2)14-9-7-13(8-10-14)16(20)19(12-11-17)15-5-3-4-6-15/h7-10,15H,3-6,11-12H2,1-2H3. The van der Waals surface area contributed by atoms with Gasteiger partial charge >= 0.3 is 0 Å². The van der Waals surface area contributed by atoms with E-state index < -0.39 is 0 Å². The number of hydrogen-bond donors (Lipinski definition) is 0. The fraction of sp³-hybridized carbons (Fsp3) is 0.562. The molecule has 1 aromatic carbocycles. The van der Waals surface area contributed by atoms with E-state index in [2.05, 4.69) is 15.9 Å². The third-order valence-electron chi connectivity index (χ3n) is 3.98. The molecule has 0 atom stereocenters. The van der Waals surface area contributed by atoms with Gasteiger partial charge in [0.05, 0.1) is 0 Å². The SMILES string of the molecule is CN(C)c1ccc(C(=O)N(CCBr)C2CCCC2)cc1. The molecule has 0 bridgehead atoms. The number of alkyl halides is 1. The molecule has 1 aliphatic rings. The first-order valence-electron chi connectivity index (χ1n) is 7.28. The van der Waals surface area contributed by atoms with Gasteiger partial charge in [-0.1, -0.05) is 28.8 Å². The van der Waals surface area contributed by atoms with Crippen LogP contribution >= 0.6 is 15.9 Å². The number of rotatable bonds is 5. The molecule has 3 nitrogen and oxygen atoms in total. The molecule has 110 valence electrons. The maximum atomic E-state index is 12.7. The number of hydrogen-bond acceptors (Lipinski definition) is 2. The summed E-state index contributed by atoms with van der Waals surface area (Å²) in [5.74, 6) is 0.168. The minimum absolute atomic E-state index is 0.168. The fourth-order valence-corrected chi connectivity index (χ4v) is 3.21. The highest BCUT2D eigenvalue weighted by molar-refractivity contribution is 9.09. The number of amides is 1. The number of benzene rings is 1. The number of nitrogens with zero attached hydrogens (tertiary/aromatic N) is 2. The van der Waals surface area contributed by atoms with Crippen molar-refractivity contribution in [1.29, 1.82) is 0 Å². The molecule has 1 aliphatic carbocycles. The number of halogens is 1. The molecule has 0 saturated heterocycles. The topological polar surface area (TPSA) is 23.6 Å². The highest BCUT2D eigenvalue weighted by atomic mass is 79.9. The lowest BCUT2D eigenvalue weighted by atomic mass is 10.1. The van der Waals surface area contributed by atoms with Gasteiger partial charge < -0.3 is 9.80 Å². The Morgan fingerprint density at radius 3 is 2.30 bits per heavy atom. The second kappa shape index (κ2) is 7.11. The zero-order chi connectivity index (χ0) is 14.5. The Morgan fingerprint density at radius 2 is 1.80 bits per heavy atom. The first kappa shape index (κ1) is 15.4. The molecule has 1 aromatic rings. The Hall–Kier alpha value is -1.03. The molecule has 4 heteroatoms. The van der Waals surface area contributed by atoms with Gasteiger partial charge in [0.15, 0.2) is 0 Å². The van der Waals surface area contributed by atoms with Crippen LogP contribution in [0.15, 0.2) is 24.3 Å². The van der Waals surface area contributed by atoms with Gasteiger partial charge in [0.1, 0.15) is 0 Å². The van der Waals surface area contributed by atoms with Gasteiger partial charge in [-0.25, -0.2) is 0 Å². The van der Waals surface area contributed by atoms with Gasteiger partial charge in [-0.3, -0.25) is 4.79 Å². The lowest BCUT2D eigenvalue weighted by Gasteiger charge is -2.28. The van der Waals surface area contributed by atoms with Crippen molar-refractivity contribution in [2.24, 2.45) is 0 Å². The molecule has 0 radical (unpaired) electrons. The summed E-state index contributed by atoms with van der Waals surface area (Å²) in [6.45, 7) is 0.791. The zero-order valence-electron chi connectivity index (χ0n) is 12.3. The molecular formula is C16H23BrN2O. The van der Waals surface area contributed by atoms with Crippen LogP contribution in [0.3, 0.4) is 0 Å². The van der Waals surface area contributed by atoms with E-state index in [0.717, 1.165) is 36.0 Å². The highest BCUT2D eigenvalue weighted by Gasteiger charge is 2.26. The summed E-state index contributed by atoms with van der Waals surface area (Å²) < 4.78 is 0. The lowest BCUT2D eigenvalue weighted by Crippen LogP contribution is -2.40. The molecule has 1 amide bonds. The van der Waals surface area contributed by atoms with Crippen LogP contribution in [0.4, 0.5) is 5.69 Å². The van der Waals surface area contributed by atoms with E-state index in [4.69, 9.17) is 0 Å². The summed E-state index contributed by atoms with van der Waals surface area (Å²) in [4.78, 5) is 16.8. The third kappa shape index (κ3) is 3.54. The summed E-state index contributed by atoms with van der Waals surface area (Å²) in [6.07, 6.45) is 4.79. The molecule has 20 heavy (non-hydrogen) atoms. The van der Waals surface area contributed by atoms with Crippen molar-refractivity contribution in [1.82, 2.24) is 4.90 Å². The summed E-state index contributed by atoms with van der Waals surface area (Å²) in [5.41, 5.74) is 1.91. The van der Waals surface area contributed by atoms with Crippen molar-refractivity contribution in [3.05, 3.63) is 29.8 Å². The summed E-state index contributed by atoms with van der Waals surface area (Å²) in [5, 5.41) is 0.838. The number of carbonyl (C=O) groups is 1. The Bertz CT molecular complexity index is 438. The van der Waals surface area contributed by atoms with Crippen molar-refractivity contribution in [3.63, 3.8) is 0 Å². The van der Waals surface area contributed by atoms with Crippen LogP contribution in [-0.2, 0) is 0 Å². The summed E-state index contributed by atoms with van der Waals surface area (Å²) >= 11 is 3.47. The molecule has 0 unspecified atom stereocenters. The van der Waals surface area contributed by atoms with Crippen LogP contribution in [0.5, 0.6) is 0 Å². The maximum absolute atomic E-state index is 12.7. The molecule has 0 N–H and O–H groups in total. The third-order valence-corrected chi connectivity index (χ3v) is 4.34. The fourth-order valence-electron chi connectivity index (χ4n) is 2.82. The molecule has 1 fully saturated rings. The van der Waals surface area contributed by atoms with Crippen molar-refractivity contribution in [3.8, 4) is 0 Å². The smallest absolute Gasteiger partial charge is 0.254 e. The largest absolute Gasteiger partial charge is 0.378 e. The average molecular weight is 339 g/mol. The molecule has 0 aromatic heterocycles. The molecule has 0 heterocycles. The van der Waals surface area contributed by atoms with Gasteiger partial charge in [0.2, 0.25) is 0 Å². The van der Waals surface area contributed by atoms with Crippen LogP contribution < -0.4 is 4.90 Å². The number of carbonyl (C=O) groups excluding carboxylic acids is 1. The van der Waals surface area contributed by atoms with E-state index in [1.165, 1.54) is 12.8 Å². The first-order chi connectivity index (χ1) is 9.63. The van der Waals surface area contributed by atoms with Crippen molar-refractivity contribution in [2.75, 3.05) is 30.9 Å². The van der Waals surface area contributed by atoms with E-state index in [1.807, 2.05) is 48.2 Å². The van der Waals surface area contributed by atoms with Crippen LogP contribution in [0.25, 0.3) is 0 Å². The maximum Gasteiger partial charge on any atom is 0.254 e. The molecule has 1 saturated carbocycles. The lowest BCUT2D eigenvalue weighted by molar-refractivity contribution is 0.0696. The van der Waals surface area contributed by atoms with Crippen LogP contribution in [0.2, 0.25) is 0 Å². The Balaban J connectivity index is 2.13. The second-order valence-electron chi connectivity index (χ2n) is 5.57.